The van der Waals surface area contributed by atoms with Crippen molar-refractivity contribution in [2.45, 2.75) is 44.3 Å². The Morgan fingerprint density at radius 2 is 2.09 bits per heavy atom. The SMILES string of the molecule is c1cnc(-c2nc(CNC3CCN4CCCCC34)cs2)nc1. The molecule has 22 heavy (non-hydrogen) atoms. The number of hydrogen-bond acceptors (Lipinski definition) is 6. The van der Waals surface area contributed by atoms with Crippen LogP contribution in [0.15, 0.2) is 23.8 Å². The second kappa shape index (κ2) is 6.40. The van der Waals surface area contributed by atoms with Gasteiger partial charge in [0.2, 0.25) is 0 Å². The molecule has 5 nitrogen and oxygen atoms in total. The van der Waals surface area contributed by atoms with Crippen LogP contribution in [0.3, 0.4) is 0 Å². The highest BCUT2D eigenvalue weighted by atomic mass is 32.1. The summed E-state index contributed by atoms with van der Waals surface area (Å²) in [5, 5.41) is 6.75. The van der Waals surface area contributed by atoms with Crippen molar-refractivity contribution < 1.29 is 0 Å². The third-order valence-corrected chi connectivity index (χ3v) is 5.60. The number of hydrogen-bond donors (Lipinski definition) is 1. The topological polar surface area (TPSA) is 53.9 Å². The first-order valence-electron chi connectivity index (χ1n) is 8.09. The van der Waals surface area contributed by atoms with E-state index in [1.807, 2.05) is 6.07 Å². The fraction of sp³-hybridized carbons (Fsp3) is 0.562. The summed E-state index contributed by atoms with van der Waals surface area (Å²) in [6.07, 6.45) is 8.89. The third-order valence-electron chi connectivity index (χ3n) is 4.71. The Morgan fingerprint density at radius 1 is 1.18 bits per heavy atom. The molecule has 0 aromatic carbocycles. The van der Waals surface area contributed by atoms with Gasteiger partial charge >= 0.3 is 0 Å². The first-order valence-corrected chi connectivity index (χ1v) is 8.97. The quantitative estimate of drug-likeness (QED) is 0.938. The number of fused-ring (bicyclic) bond motifs is 1. The van der Waals surface area contributed by atoms with Crippen molar-refractivity contribution in [3.8, 4) is 10.8 Å². The van der Waals surface area contributed by atoms with E-state index in [2.05, 4.69) is 30.5 Å². The van der Waals surface area contributed by atoms with Crippen LogP contribution in [0.4, 0.5) is 0 Å². The molecular weight excluding hydrogens is 294 g/mol. The summed E-state index contributed by atoms with van der Waals surface area (Å²) >= 11 is 1.62. The number of nitrogens with zero attached hydrogens (tertiary/aromatic N) is 4. The highest BCUT2D eigenvalue weighted by Gasteiger charge is 2.34. The van der Waals surface area contributed by atoms with Gasteiger partial charge < -0.3 is 5.32 Å². The lowest BCUT2D eigenvalue weighted by Gasteiger charge is -2.32. The average molecular weight is 315 g/mol. The Kier molecular flexibility index (Phi) is 4.14. The zero-order chi connectivity index (χ0) is 14.8. The van der Waals surface area contributed by atoms with Crippen LogP contribution in [0.25, 0.3) is 10.8 Å². The molecule has 1 N–H and O–H groups in total. The van der Waals surface area contributed by atoms with Gasteiger partial charge in [-0.1, -0.05) is 6.42 Å². The molecule has 0 radical (unpaired) electrons. The molecule has 2 aliphatic heterocycles. The van der Waals surface area contributed by atoms with Gasteiger partial charge in [-0.3, -0.25) is 4.90 Å². The van der Waals surface area contributed by atoms with Crippen molar-refractivity contribution >= 4 is 11.3 Å². The highest BCUT2D eigenvalue weighted by molar-refractivity contribution is 7.13. The minimum Gasteiger partial charge on any atom is -0.307 e. The van der Waals surface area contributed by atoms with Gasteiger partial charge in [0, 0.05) is 42.9 Å². The Hall–Kier alpha value is -1.37. The lowest BCUT2D eigenvalue weighted by molar-refractivity contribution is 0.180. The van der Waals surface area contributed by atoms with E-state index < -0.39 is 0 Å². The predicted molar refractivity (Wildman–Crippen MR) is 87.6 cm³/mol. The molecule has 2 aliphatic rings. The molecule has 0 amide bonds. The maximum absolute atomic E-state index is 4.66. The van der Waals surface area contributed by atoms with E-state index in [-0.39, 0.29) is 0 Å². The van der Waals surface area contributed by atoms with Crippen LogP contribution in [0.2, 0.25) is 0 Å². The van der Waals surface area contributed by atoms with E-state index >= 15 is 0 Å². The van der Waals surface area contributed by atoms with E-state index in [1.54, 1.807) is 23.7 Å². The van der Waals surface area contributed by atoms with Crippen molar-refractivity contribution in [2.75, 3.05) is 13.1 Å². The maximum Gasteiger partial charge on any atom is 0.188 e. The maximum atomic E-state index is 4.66. The molecule has 2 saturated heterocycles. The summed E-state index contributed by atoms with van der Waals surface area (Å²) in [7, 11) is 0. The normalized spacial score (nSPS) is 25.3. The molecule has 2 atom stereocenters. The van der Waals surface area contributed by atoms with E-state index in [9.17, 15) is 0 Å². The van der Waals surface area contributed by atoms with Crippen LogP contribution in [0.1, 0.15) is 31.4 Å². The summed E-state index contributed by atoms with van der Waals surface area (Å²) in [4.78, 5) is 15.8. The summed E-state index contributed by atoms with van der Waals surface area (Å²) in [5.41, 5.74) is 1.10. The monoisotopic (exact) mass is 315 g/mol. The standard InChI is InChI=1S/C16H21N5S/c1-2-8-21-9-5-13(14(21)4-1)19-10-12-11-22-16(20-12)15-17-6-3-7-18-15/h3,6-7,11,13-14,19H,1-2,4-5,8-10H2. The number of rotatable bonds is 4. The van der Waals surface area contributed by atoms with Crippen molar-refractivity contribution in [3.63, 3.8) is 0 Å². The molecule has 4 heterocycles. The number of nitrogens with one attached hydrogen (secondary N) is 1. The largest absolute Gasteiger partial charge is 0.307 e. The summed E-state index contributed by atoms with van der Waals surface area (Å²) in [6, 6.07) is 3.19. The molecule has 0 spiro atoms. The Labute approximate surface area is 134 Å². The molecule has 2 unspecified atom stereocenters. The smallest absolute Gasteiger partial charge is 0.188 e. The van der Waals surface area contributed by atoms with Gasteiger partial charge in [-0.15, -0.1) is 11.3 Å². The van der Waals surface area contributed by atoms with Gasteiger partial charge in [0.15, 0.2) is 10.8 Å². The third kappa shape index (κ3) is 2.91. The highest BCUT2D eigenvalue weighted by Crippen LogP contribution is 2.27. The molecular formula is C16H21N5S. The predicted octanol–water partition coefficient (Wildman–Crippen LogP) is 2.32. The summed E-state index contributed by atoms with van der Waals surface area (Å²) < 4.78 is 0. The van der Waals surface area contributed by atoms with Gasteiger partial charge in [-0.2, -0.15) is 0 Å². The Balaban J connectivity index is 1.37. The fourth-order valence-electron chi connectivity index (χ4n) is 3.62. The zero-order valence-corrected chi connectivity index (χ0v) is 13.4. The molecule has 2 aromatic rings. The fourth-order valence-corrected chi connectivity index (χ4v) is 4.39. The van der Waals surface area contributed by atoms with Crippen LogP contribution < -0.4 is 5.32 Å². The van der Waals surface area contributed by atoms with Gasteiger partial charge in [-0.05, 0) is 31.9 Å². The van der Waals surface area contributed by atoms with Gasteiger partial charge in [0.1, 0.15) is 0 Å². The molecule has 2 aromatic heterocycles. The van der Waals surface area contributed by atoms with Crippen molar-refractivity contribution in [1.82, 2.24) is 25.2 Å². The molecule has 4 rings (SSSR count). The summed E-state index contributed by atoms with van der Waals surface area (Å²) in [5.74, 6) is 0.720. The number of piperidine rings is 1. The Morgan fingerprint density at radius 3 is 3.00 bits per heavy atom. The van der Waals surface area contributed by atoms with E-state index in [0.717, 1.165) is 29.1 Å². The second-order valence-electron chi connectivity index (χ2n) is 6.09. The van der Waals surface area contributed by atoms with Crippen molar-refractivity contribution in [1.29, 1.82) is 0 Å². The van der Waals surface area contributed by atoms with Crippen LogP contribution in [0, 0.1) is 0 Å². The first kappa shape index (κ1) is 14.2. The minimum absolute atomic E-state index is 0.624. The van der Waals surface area contributed by atoms with E-state index in [4.69, 9.17) is 0 Å². The van der Waals surface area contributed by atoms with E-state index in [0.29, 0.717) is 6.04 Å². The van der Waals surface area contributed by atoms with Gasteiger partial charge in [0.25, 0.3) is 0 Å². The molecule has 116 valence electrons. The van der Waals surface area contributed by atoms with Gasteiger partial charge in [0.05, 0.1) is 5.69 Å². The first-order chi connectivity index (χ1) is 10.9. The summed E-state index contributed by atoms with van der Waals surface area (Å²) in [6.45, 7) is 3.38. The molecule has 0 saturated carbocycles. The molecule has 2 fully saturated rings. The lowest BCUT2D eigenvalue weighted by Crippen LogP contribution is -2.44. The van der Waals surface area contributed by atoms with Crippen LogP contribution in [0.5, 0.6) is 0 Å². The molecule has 0 aliphatic carbocycles. The zero-order valence-electron chi connectivity index (χ0n) is 12.6. The average Bonchev–Trinajstić information content (AvgIpc) is 3.21. The number of thiazole rings is 1. The number of aromatic nitrogens is 3. The Bertz CT molecular complexity index is 614. The van der Waals surface area contributed by atoms with Crippen LogP contribution in [-0.2, 0) is 6.54 Å². The van der Waals surface area contributed by atoms with Crippen molar-refractivity contribution in [2.24, 2.45) is 0 Å². The molecule has 0 bridgehead atoms. The molecule has 6 heteroatoms. The minimum atomic E-state index is 0.624. The van der Waals surface area contributed by atoms with E-state index in [1.165, 1.54) is 38.8 Å². The van der Waals surface area contributed by atoms with Gasteiger partial charge in [-0.25, -0.2) is 15.0 Å². The van der Waals surface area contributed by atoms with Crippen LogP contribution >= 0.6 is 11.3 Å². The lowest BCUT2D eigenvalue weighted by atomic mass is 9.99. The van der Waals surface area contributed by atoms with Crippen LogP contribution in [-0.4, -0.2) is 45.0 Å². The van der Waals surface area contributed by atoms with Crippen molar-refractivity contribution in [3.05, 3.63) is 29.5 Å². The second-order valence-corrected chi connectivity index (χ2v) is 6.95.